The van der Waals surface area contributed by atoms with Crippen molar-refractivity contribution in [2.75, 3.05) is 19.8 Å². The fourth-order valence-electron chi connectivity index (χ4n) is 3.93. The highest BCUT2D eigenvalue weighted by Gasteiger charge is 2.42. The molecular formula is C19H24N2O2S. The zero-order valence-electron chi connectivity index (χ0n) is 13.8. The number of rotatable bonds is 6. The topological polar surface area (TPSA) is 34.6 Å². The van der Waals surface area contributed by atoms with Crippen LogP contribution in [0.5, 0.6) is 0 Å². The number of thiophene rings is 1. The van der Waals surface area contributed by atoms with Gasteiger partial charge in [0.25, 0.3) is 0 Å². The normalized spacial score (nSPS) is 27.2. The Kier molecular flexibility index (Phi) is 5.23. The van der Waals surface area contributed by atoms with Gasteiger partial charge >= 0.3 is 0 Å². The quantitative estimate of drug-likeness (QED) is 0.805. The fraction of sp³-hybridized carbons (Fsp3) is 0.526. The second kappa shape index (κ2) is 7.74. The molecule has 0 unspecified atom stereocenters. The van der Waals surface area contributed by atoms with Gasteiger partial charge in [-0.15, -0.1) is 11.3 Å². The molecule has 1 aliphatic carbocycles. The van der Waals surface area contributed by atoms with Crippen LogP contribution in [0.25, 0.3) is 0 Å². The minimum absolute atomic E-state index is 0.326. The van der Waals surface area contributed by atoms with Crippen LogP contribution in [-0.2, 0) is 22.6 Å². The lowest BCUT2D eigenvalue weighted by atomic mass is 10.0. The summed E-state index contributed by atoms with van der Waals surface area (Å²) in [7, 11) is 0. The number of nitrogens with zero attached hydrogens (tertiary/aromatic N) is 2. The van der Waals surface area contributed by atoms with Crippen molar-refractivity contribution >= 4 is 11.3 Å². The van der Waals surface area contributed by atoms with E-state index in [1.54, 1.807) is 6.20 Å². The maximum atomic E-state index is 6.14. The predicted molar refractivity (Wildman–Crippen MR) is 94.9 cm³/mol. The maximum Gasteiger partial charge on any atom is 0.0781 e. The van der Waals surface area contributed by atoms with Crippen LogP contribution in [0.2, 0.25) is 0 Å². The van der Waals surface area contributed by atoms with E-state index in [9.17, 15) is 0 Å². The van der Waals surface area contributed by atoms with Crippen molar-refractivity contribution in [3.05, 3.63) is 52.5 Å². The molecule has 0 bridgehead atoms. The second-order valence-corrected chi connectivity index (χ2v) is 7.70. The van der Waals surface area contributed by atoms with Gasteiger partial charge < -0.3 is 9.47 Å². The molecule has 2 fully saturated rings. The Morgan fingerprint density at radius 1 is 1.29 bits per heavy atom. The highest BCUT2D eigenvalue weighted by Crippen LogP contribution is 2.36. The predicted octanol–water partition coefficient (Wildman–Crippen LogP) is 3.34. The van der Waals surface area contributed by atoms with E-state index in [0.717, 1.165) is 31.9 Å². The summed E-state index contributed by atoms with van der Waals surface area (Å²) in [6, 6.07) is 8.94. The highest BCUT2D eigenvalue weighted by molar-refractivity contribution is 7.09. The van der Waals surface area contributed by atoms with Crippen molar-refractivity contribution in [3.63, 3.8) is 0 Å². The molecule has 24 heavy (non-hydrogen) atoms. The van der Waals surface area contributed by atoms with Crippen molar-refractivity contribution < 1.29 is 9.47 Å². The molecule has 1 saturated heterocycles. The molecule has 2 aromatic heterocycles. The maximum absolute atomic E-state index is 6.14. The first kappa shape index (κ1) is 16.2. The summed E-state index contributed by atoms with van der Waals surface area (Å²) in [6.07, 6.45) is 6.41. The summed E-state index contributed by atoms with van der Waals surface area (Å²) in [5.74, 6) is 0.512. The average Bonchev–Trinajstić information content (AvgIpc) is 3.27. The molecule has 3 heterocycles. The monoisotopic (exact) mass is 344 g/mol. The number of pyridine rings is 1. The number of hydrogen-bond acceptors (Lipinski definition) is 5. The molecule has 4 rings (SSSR count). The van der Waals surface area contributed by atoms with Crippen LogP contribution in [-0.4, -0.2) is 41.8 Å². The highest BCUT2D eigenvalue weighted by atomic mass is 32.1. The third-order valence-electron chi connectivity index (χ3n) is 5.10. The number of ether oxygens (including phenoxy) is 2. The molecule has 2 aromatic rings. The minimum Gasteiger partial charge on any atom is -0.376 e. The molecule has 0 N–H and O–H groups in total. The van der Waals surface area contributed by atoms with Gasteiger partial charge in [0.05, 0.1) is 25.9 Å². The molecule has 2 aliphatic rings. The van der Waals surface area contributed by atoms with E-state index in [4.69, 9.17) is 9.47 Å². The van der Waals surface area contributed by atoms with Gasteiger partial charge in [-0.2, -0.15) is 0 Å². The Hall–Kier alpha value is -1.27. The van der Waals surface area contributed by atoms with Crippen LogP contribution < -0.4 is 0 Å². The molecule has 4 nitrogen and oxygen atoms in total. The minimum atomic E-state index is 0.326. The van der Waals surface area contributed by atoms with Crippen LogP contribution >= 0.6 is 11.3 Å². The van der Waals surface area contributed by atoms with Crippen molar-refractivity contribution in [3.8, 4) is 0 Å². The summed E-state index contributed by atoms with van der Waals surface area (Å²) < 4.78 is 12.1. The zero-order valence-corrected chi connectivity index (χ0v) is 14.7. The van der Waals surface area contributed by atoms with E-state index in [2.05, 4.69) is 33.5 Å². The van der Waals surface area contributed by atoms with E-state index < -0.39 is 0 Å². The first-order chi connectivity index (χ1) is 11.9. The second-order valence-electron chi connectivity index (χ2n) is 6.67. The van der Waals surface area contributed by atoms with Crippen molar-refractivity contribution in [2.45, 2.75) is 38.1 Å². The van der Waals surface area contributed by atoms with Gasteiger partial charge in [0.2, 0.25) is 0 Å². The van der Waals surface area contributed by atoms with E-state index in [-0.39, 0.29) is 0 Å². The average molecular weight is 344 g/mol. The lowest BCUT2D eigenvalue weighted by Gasteiger charge is -2.39. The molecule has 0 radical (unpaired) electrons. The van der Waals surface area contributed by atoms with Gasteiger partial charge in [0.15, 0.2) is 0 Å². The smallest absolute Gasteiger partial charge is 0.0781 e. The molecule has 0 spiro atoms. The van der Waals surface area contributed by atoms with Gasteiger partial charge in [-0.3, -0.25) is 9.88 Å². The summed E-state index contributed by atoms with van der Waals surface area (Å²) in [5, 5.41) is 2.16. The molecular weight excluding hydrogens is 320 g/mol. The lowest BCUT2D eigenvalue weighted by molar-refractivity contribution is -0.0889. The lowest BCUT2D eigenvalue weighted by Crippen LogP contribution is -2.50. The first-order valence-electron chi connectivity index (χ1n) is 8.75. The third kappa shape index (κ3) is 3.70. The standard InChI is InChI=1S/C19H24N2O2S/c1-3-15(11-20-7-1)13-22-14-16-5-6-18-19(16)23-9-8-21(18)12-17-4-2-10-24-17/h1-4,7,10-11,16,18-19H,5-6,8-9,12-14H2/t16-,18+,19+/m0/s1. The molecule has 3 atom stereocenters. The van der Waals surface area contributed by atoms with Crippen LogP contribution in [0.3, 0.4) is 0 Å². The van der Waals surface area contributed by atoms with Crippen LogP contribution in [0.1, 0.15) is 23.3 Å². The molecule has 0 amide bonds. The van der Waals surface area contributed by atoms with E-state index >= 15 is 0 Å². The Morgan fingerprint density at radius 2 is 2.29 bits per heavy atom. The van der Waals surface area contributed by atoms with E-state index in [0.29, 0.717) is 24.7 Å². The molecule has 0 aromatic carbocycles. The Balaban J connectivity index is 1.31. The van der Waals surface area contributed by atoms with E-state index in [1.165, 1.54) is 17.7 Å². The van der Waals surface area contributed by atoms with Gasteiger partial charge in [-0.25, -0.2) is 0 Å². The van der Waals surface area contributed by atoms with Crippen LogP contribution in [0, 0.1) is 5.92 Å². The largest absolute Gasteiger partial charge is 0.376 e. The van der Waals surface area contributed by atoms with E-state index in [1.807, 2.05) is 23.6 Å². The molecule has 1 aliphatic heterocycles. The summed E-state index contributed by atoms with van der Waals surface area (Å²) in [4.78, 5) is 8.20. The number of morpholine rings is 1. The van der Waals surface area contributed by atoms with Crippen molar-refractivity contribution in [1.82, 2.24) is 9.88 Å². The Morgan fingerprint density at radius 3 is 3.12 bits per heavy atom. The van der Waals surface area contributed by atoms with Crippen molar-refractivity contribution in [1.29, 1.82) is 0 Å². The van der Waals surface area contributed by atoms with Gasteiger partial charge in [0.1, 0.15) is 0 Å². The van der Waals surface area contributed by atoms with Crippen LogP contribution in [0.15, 0.2) is 42.0 Å². The summed E-state index contributed by atoms with van der Waals surface area (Å²) in [5.41, 5.74) is 1.14. The van der Waals surface area contributed by atoms with Crippen LogP contribution in [0.4, 0.5) is 0 Å². The zero-order chi connectivity index (χ0) is 16.2. The fourth-order valence-corrected chi connectivity index (χ4v) is 4.66. The first-order valence-corrected chi connectivity index (χ1v) is 9.63. The molecule has 5 heteroatoms. The number of hydrogen-bond donors (Lipinski definition) is 0. The molecule has 1 saturated carbocycles. The summed E-state index contributed by atoms with van der Waals surface area (Å²) in [6.45, 7) is 4.36. The van der Waals surface area contributed by atoms with Gasteiger partial charge in [-0.1, -0.05) is 12.1 Å². The third-order valence-corrected chi connectivity index (χ3v) is 5.96. The Labute approximate surface area is 147 Å². The van der Waals surface area contributed by atoms with Gasteiger partial charge in [0, 0.05) is 42.3 Å². The van der Waals surface area contributed by atoms with Crippen molar-refractivity contribution in [2.24, 2.45) is 5.92 Å². The number of fused-ring (bicyclic) bond motifs is 1. The SMILES string of the molecule is c1cncc(COC[C@@H]2CC[C@@H]3[C@@H]2OCCN3Cc2cccs2)c1. The number of aromatic nitrogens is 1. The molecule has 128 valence electrons. The van der Waals surface area contributed by atoms with Gasteiger partial charge in [-0.05, 0) is 35.9 Å². The Bertz CT molecular complexity index is 620. The summed E-state index contributed by atoms with van der Waals surface area (Å²) >= 11 is 1.85.